The highest BCUT2D eigenvalue weighted by atomic mass is 19.4. The van der Waals surface area contributed by atoms with E-state index in [0.29, 0.717) is 30.8 Å². The summed E-state index contributed by atoms with van der Waals surface area (Å²) in [4.78, 5) is 12.3. The fourth-order valence-electron chi connectivity index (χ4n) is 2.15. The Hall–Kier alpha value is -2.55. The molecule has 0 atom stereocenters. The molecule has 0 saturated carbocycles. The molecule has 1 N–H and O–H groups in total. The van der Waals surface area contributed by atoms with Crippen molar-refractivity contribution in [3.05, 3.63) is 35.5 Å². The molecule has 2 rings (SSSR count). The second-order valence-electron chi connectivity index (χ2n) is 5.15. The van der Waals surface area contributed by atoms with Gasteiger partial charge in [-0.1, -0.05) is 5.16 Å². The SMILES string of the molecule is COCCCNC(=O)c1c(C)noc1-c1ccc(OC(F)(F)F)cc1. The van der Waals surface area contributed by atoms with Crippen LogP contribution < -0.4 is 10.1 Å². The predicted molar refractivity (Wildman–Crippen MR) is 82.2 cm³/mol. The van der Waals surface area contributed by atoms with Gasteiger partial charge in [0, 0.05) is 25.8 Å². The average molecular weight is 358 g/mol. The lowest BCUT2D eigenvalue weighted by atomic mass is 10.1. The maximum Gasteiger partial charge on any atom is 0.573 e. The van der Waals surface area contributed by atoms with E-state index in [1.165, 1.54) is 12.1 Å². The van der Waals surface area contributed by atoms with Crippen LogP contribution >= 0.6 is 0 Å². The molecule has 1 aromatic carbocycles. The van der Waals surface area contributed by atoms with Gasteiger partial charge in [-0.05, 0) is 37.6 Å². The van der Waals surface area contributed by atoms with E-state index in [2.05, 4.69) is 15.2 Å². The van der Waals surface area contributed by atoms with Crippen LogP contribution in [0.15, 0.2) is 28.8 Å². The Morgan fingerprint density at radius 2 is 1.96 bits per heavy atom. The molecule has 2 aromatic rings. The smallest absolute Gasteiger partial charge is 0.406 e. The maximum atomic E-state index is 12.3. The van der Waals surface area contributed by atoms with Crippen molar-refractivity contribution in [1.29, 1.82) is 0 Å². The largest absolute Gasteiger partial charge is 0.573 e. The molecule has 25 heavy (non-hydrogen) atoms. The van der Waals surface area contributed by atoms with Crippen LogP contribution in [0.5, 0.6) is 5.75 Å². The van der Waals surface area contributed by atoms with Gasteiger partial charge in [-0.3, -0.25) is 4.79 Å². The highest BCUT2D eigenvalue weighted by molar-refractivity contribution is 6.00. The highest BCUT2D eigenvalue weighted by Gasteiger charge is 2.31. The first-order valence-electron chi connectivity index (χ1n) is 7.41. The Morgan fingerprint density at radius 1 is 1.28 bits per heavy atom. The first-order valence-corrected chi connectivity index (χ1v) is 7.41. The lowest BCUT2D eigenvalue weighted by molar-refractivity contribution is -0.274. The number of alkyl halides is 3. The van der Waals surface area contributed by atoms with Crippen LogP contribution in [-0.2, 0) is 4.74 Å². The molecule has 0 bridgehead atoms. The van der Waals surface area contributed by atoms with Gasteiger partial charge in [0.05, 0.1) is 5.69 Å². The molecule has 6 nitrogen and oxygen atoms in total. The standard InChI is InChI=1S/C16H17F3N2O4/c1-10-13(15(22)20-8-3-9-23-2)14(25-21-10)11-4-6-12(7-5-11)24-16(17,18)19/h4-7H,3,8-9H2,1-2H3,(H,20,22). The van der Waals surface area contributed by atoms with Crippen LogP contribution in [0.2, 0.25) is 0 Å². The molecule has 1 aromatic heterocycles. The number of nitrogens with zero attached hydrogens (tertiary/aromatic N) is 1. The number of halogens is 3. The van der Waals surface area contributed by atoms with Gasteiger partial charge in [-0.15, -0.1) is 13.2 Å². The average Bonchev–Trinajstić information content (AvgIpc) is 2.92. The van der Waals surface area contributed by atoms with Crippen LogP contribution in [-0.4, -0.2) is 37.7 Å². The van der Waals surface area contributed by atoms with Crippen molar-refractivity contribution < 1.29 is 32.0 Å². The number of hydrogen-bond donors (Lipinski definition) is 1. The molecule has 136 valence electrons. The number of benzene rings is 1. The quantitative estimate of drug-likeness (QED) is 0.769. The number of rotatable bonds is 7. The van der Waals surface area contributed by atoms with Crippen LogP contribution in [0, 0.1) is 6.92 Å². The molecule has 9 heteroatoms. The minimum atomic E-state index is -4.77. The minimum absolute atomic E-state index is 0.181. The maximum absolute atomic E-state index is 12.3. The van der Waals surface area contributed by atoms with E-state index in [-0.39, 0.29) is 23.0 Å². The summed E-state index contributed by atoms with van der Waals surface area (Å²) >= 11 is 0. The van der Waals surface area contributed by atoms with E-state index in [4.69, 9.17) is 9.26 Å². The van der Waals surface area contributed by atoms with Crippen molar-refractivity contribution in [3.8, 4) is 17.1 Å². The molecule has 0 radical (unpaired) electrons. The zero-order chi connectivity index (χ0) is 18.4. The van der Waals surface area contributed by atoms with Crippen LogP contribution in [0.3, 0.4) is 0 Å². The van der Waals surface area contributed by atoms with Crippen LogP contribution in [0.4, 0.5) is 13.2 Å². The predicted octanol–water partition coefficient (Wildman–Crippen LogP) is 3.31. The molecular weight excluding hydrogens is 341 g/mol. The number of methoxy groups -OCH3 is 1. The van der Waals surface area contributed by atoms with E-state index in [9.17, 15) is 18.0 Å². The van der Waals surface area contributed by atoms with E-state index in [0.717, 1.165) is 12.1 Å². The van der Waals surface area contributed by atoms with E-state index < -0.39 is 6.36 Å². The Labute approximate surface area is 141 Å². The van der Waals surface area contributed by atoms with Crippen molar-refractivity contribution in [2.24, 2.45) is 0 Å². The van der Waals surface area contributed by atoms with Crippen molar-refractivity contribution in [3.63, 3.8) is 0 Å². The normalized spacial score (nSPS) is 11.4. The molecular formula is C16H17F3N2O4. The van der Waals surface area contributed by atoms with Gasteiger partial charge in [-0.2, -0.15) is 0 Å². The first kappa shape index (κ1) is 18.8. The lowest BCUT2D eigenvalue weighted by Crippen LogP contribution is -2.26. The van der Waals surface area contributed by atoms with E-state index in [1.54, 1.807) is 14.0 Å². The number of aromatic nitrogens is 1. The van der Waals surface area contributed by atoms with Crippen molar-refractivity contribution >= 4 is 5.91 Å². The summed E-state index contributed by atoms with van der Waals surface area (Å²) < 4.78 is 50.5. The number of aryl methyl sites for hydroxylation is 1. The molecule has 0 aliphatic carbocycles. The fourth-order valence-corrected chi connectivity index (χ4v) is 2.15. The Morgan fingerprint density at radius 3 is 2.56 bits per heavy atom. The number of nitrogens with one attached hydrogen (secondary N) is 1. The fraction of sp³-hybridized carbons (Fsp3) is 0.375. The summed E-state index contributed by atoms with van der Waals surface area (Å²) in [6, 6.07) is 5.01. The lowest BCUT2D eigenvalue weighted by Gasteiger charge is -2.09. The number of carbonyl (C=O) groups excluding carboxylic acids is 1. The van der Waals surface area contributed by atoms with Gasteiger partial charge in [0.1, 0.15) is 11.3 Å². The number of ether oxygens (including phenoxy) is 2. The Bertz CT molecular complexity index is 711. The van der Waals surface area contributed by atoms with Gasteiger partial charge in [0.15, 0.2) is 5.76 Å². The molecule has 0 aliphatic heterocycles. The van der Waals surface area contributed by atoms with Crippen LogP contribution in [0.1, 0.15) is 22.5 Å². The third-order valence-electron chi connectivity index (χ3n) is 3.25. The summed E-state index contributed by atoms with van der Waals surface area (Å²) in [5.41, 5.74) is 1.04. The van der Waals surface area contributed by atoms with Crippen molar-refractivity contribution in [2.45, 2.75) is 19.7 Å². The topological polar surface area (TPSA) is 73.6 Å². The molecule has 0 spiro atoms. The molecule has 0 unspecified atom stereocenters. The summed E-state index contributed by atoms with van der Waals surface area (Å²) in [7, 11) is 1.57. The van der Waals surface area contributed by atoms with Crippen molar-refractivity contribution in [1.82, 2.24) is 10.5 Å². The highest BCUT2D eigenvalue weighted by Crippen LogP contribution is 2.29. The monoisotopic (exact) mass is 358 g/mol. The van der Waals surface area contributed by atoms with E-state index >= 15 is 0 Å². The van der Waals surface area contributed by atoms with Gasteiger partial charge >= 0.3 is 6.36 Å². The third kappa shape index (κ3) is 5.21. The third-order valence-corrected chi connectivity index (χ3v) is 3.25. The number of hydrogen-bond acceptors (Lipinski definition) is 5. The van der Waals surface area contributed by atoms with Gasteiger partial charge in [-0.25, -0.2) is 0 Å². The molecule has 1 heterocycles. The minimum Gasteiger partial charge on any atom is -0.406 e. The Balaban J connectivity index is 2.16. The summed E-state index contributed by atoms with van der Waals surface area (Å²) in [6.45, 7) is 2.53. The summed E-state index contributed by atoms with van der Waals surface area (Å²) in [5.74, 6) is -0.557. The summed E-state index contributed by atoms with van der Waals surface area (Å²) in [6.07, 6.45) is -4.12. The number of amides is 1. The second kappa shape index (κ2) is 8.02. The van der Waals surface area contributed by atoms with E-state index in [1.807, 2.05) is 0 Å². The molecule has 0 saturated heterocycles. The van der Waals surface area contributed by atoms with Gasteiger partial charge in [0.25, 0.3) is 5.91 Å². The van der Waals surface area contributed by atoms with Crippen LogP contribution in [0.25, 0.3) is 11.3 Å². The molecule has 0 aliphatic rings. The summed E-state index contributed by atoms with van der Waals surface area (Å²) in [5, 5.41) is 6.49. The zero-order valence-corrected chi connectivity index (χ0v) is 13.6. The second-order valence-corrected chi connectivity index (χ2v) is 5.15. The van der Waals surface area contributed by atoms with Gasteiger partial charge < -0.3 is 19.3 Å². The van der Waals surface area contributed by atoms with Crippen molar-refractivity contribution in [2.75, 3.05) is 20.3 Å². The van der Waals surface area contributed by atoms with Gasteiger partial charge in [0.2, 0.25) is 0 Å². The molecule has 1 amide bonds. The first-order chi connectivity index (χ1) is 11.8. The Kier molecular flexibility index (Phi) is 6.02. The zero-order valence-electron chi connectivity index (χ0n) is 13.6. The number of carbonyl (C=O) groups is 1. The molecule has 0 fully saturated rings.